The Bertz CT molecular complexity index is 1190. The number of phenols is 1. The van der Waals surface area contributed by atoms with E-state index in [1.165, 1.54) is 12.1 Å². The van der Waals surface area contributed by atoms with E-state index in [4.69, 9.17) is 23.2 Å². The average Bonchev–Trinajstić information content (AvgIpc) is 2.65. The van der Waals surface area contributed by atoms with Crippen LogP contribution in [0.1, 0.15) is 0 Å². The zero-order valence-corrected chi connectivity index (χ0v) is 15.5. The third-order valence-corrected chi connectivity index (χ3v) is 4.88. The normalized spacial score (nSPS) is 10.9. The molecule has 0 saturated carbocycles. The van der Waals surface area contributed by atoms with E-state index in [9.17, 15) is 9.90 Å². The summed E-state index contributed by atoms with van der Waals surface area (Å²) in [6.45, 7) is 0. The van der Waals surface area contributed by atoms with Crippen LogP contribution in [0.5, 0.6) is 5.75 Å². The molecule has 0 aliphatic heterocycles. The molecule has 0 aromatic heterocycles. The maximum atomic E-state index is 12.5. The van der Waals surface area contributed by atoms with Crippen LogP contribution in [0.2, 0.25) is 10.0 Å². The number of carbonyl (C=O) groups excluding carboxylic acids is 1. The van der Waals surface area contributed by atoms with Gasteiger partial charge in [0.2, 0.25) is 0 Å². The first-order chi connectivity index (χ1) is 13.0. The van der Waals surface area contributed by atoms with Gasteiger partial charge in [0, 0.05) is 16.5 Å². The molecule has 134 valence electrons. The van der Waals surface area contributed by atoms with E-state index in [2.05, 4.69) is 10.6 Å². The number of fused-ring (bicyclic) bond motifs is 2. The highest BCUT2D eigenvalue weighted by Gasteiger charge is 2.14. The van der Waals surface area contributed by atoms with Crippen LogP contribution < -0.4 is 10.6 Å². The highest BCUT2D eigenvalue weighted by Crippen LogP contribution is 2.38. The second kappa shape index (κ2) is 6.99. The van der Waals surface area contributed by atoms with Crippen molar-refractivity contribution in [3.05, 3.63) is 76.8 Å². The minimum absolute atomic E-state index is 0.0545. The minimum Gasteiger partial charge on any atom is -0.508 e. The van der Waals surface area contributed by atoms with E-state index < -0.39 is 6.03 Å². The lowest BCUT2D eigenvalue weighted by atomic mass is 10.1. The average molecular weight is 397 g/mol. The maximum absolute atomic E-state index is 12.5. The van der Waals surface area contributed by atoms with Gasteiger partial charge in [-0.2, -0.15) is 0 Å². The molecule has 0 heterocycles. The van der Waals surface area contributed by atoms with Crippen LogP contribution >= 0.6 is 23.2 Å². The summed E-state index contributed by atoms with van der Waals surface area (Å²) in [6.07, 6.45) is 0. The molecule has 27 heavy (non-hydrogen) atoms. The van der Waals surface area contributed by atoms with Gasteiger partial charge in [0.25, 0.3) is 0 Å². The molecule has 0 spiro atoms. The largest absolute Gasteiger partial charge is 0.508 e. The molecule has 4 nitrogen and oxygen atoms in total. The third kappa shape index (κ3) is 3.50. The lowest BCUT2D eigenvalue weighted by molar-refractivity contribution is 0.262. The van der Waals surface area contributed by atoms with Crippen LogP contribution in [0.25, 0.3) is 21.5 Å². The molecule has 2 amide bonds. The van der Waals surface area contributed by atoms with Gasteiger partial charge in [-0.05, 0) is 47.2 Å². The fraction of sp³-hybridized carbons (Fsp3) is 0. The van der Waals surface area contributed by atoms with E-state index >= 15 is 0 Å². The summed E-state index contributed by atoms with van der Waals surface area (Å²) >= 11 is 12.5. The van der Waals surface area contributed by atoms with Gasteiger partial charge in [0.15, 0.2) is 0 Å². The van der Waals surface area contributed by atoms with Crippen LogP contribution in [0.4, 0.5) is 16.2 Å². The summed E-state index contributed by atoms with van der Waals surface area (Å²) in [5.41, 5.74) is 1.04. The van der Waals surface area contributed by atoms with E-state index in [0.717, 1.165) is 10.8 Å². The van der Waals surface area contributed by atoms with Crippen molar-refractivity contribution >= 4 is 62.2 Å². The van der Waals surface area contributed by atoms with Gasteiger partial charge in [-0.15, -0.1) is 0 Å². The summed E-state index contributed by atoms with van der Waals surface area (Å²) in [4.78, 5) is 12.5. The summed E-state index contributed by atoms with van der Waals surface area (Å²) in [7, 11) is 0. The van der Waals surface area contributed by atoms with Gasteiger partial charge in [0.05, 0.1) is 15.7 Å². The molecule has 0 radical (unpaired) electrons. The molecule has 0 fully saturated rings. The molecule has 0 bridgehead atoms. The number of nitrogens with one attached hydrogen (secondary N) is 2. The Morgan fingerprint density at radius 1 is 0.778 bits per heavy atom. The monoisotopic (exact) mass is 396 g/mol. The minimum atomic E-state index is -0.445. The van der Waals surface area contributed by atoms with Crippen molar-refractivity contribution in [2.45, 2.75) is 0 Å². The Morgan fingerprint density at radius 3 is 2.37 bits per heavy atom. The number of urea groups is 1. The molecule has 4 aromatic rings. The molecule has 0 saturated heterocycles. The number of aromatic hydroxyl groups is 1. The lowest BCUT2D eigenvalue weighted by Gasteiger charge is -2.13. The standard InChI is InChI=1S/C21H14Cl2N2O2/c22-18-11-19(23)20(17-10-15(26)7-8-16(17)18)25-21(27)24-14-6-5-12-3-1-2-4-13(12)9-14/h1-11,26H,(H2,24,25,27). The van der Waals surface area contributed by atoms with Crippen molar-refractivity contribution in [3.63, 3.8) is 0 Å². The van der Waals surface area contributed by atoms with Crippen LogP contribution in [-0.2, 0) is 0 Å². The number of hydrogen-bond acceptors (Lipinski definition) is 2. The number of anilines is 2. The summed E-state index contributed by atoms with van der Waals surface area (Å²) in [5.74, 6) is 0.0545. The third-order valence-electron chi connectivity index (χ3n) is 4.27. The number of amides is 2. The van der Waals surface area contributed by atoms with Gasteiger partial charge >= 0.3 is 6.03 Å². The Hall–Kier alpha value is -2.95. The molecule has 6 heteroatoms. The highest BCUT2D eigenvalue weighted by atomic mass is 35.5. The van der Waals surface area contributed by atoms with Gasteiger partial charge < -0.3 is 15.7 Å². The molecular weight excluding hydrogens is 383 g/mol. The second-order valence-electron chi connectivity index (χ2n) is 6.09. The second-order valence-corrected chi connectivity index (χ2v) is 6.90. The van der Waals surface area contributed by atoms with Crippen molar-refractivity contribution in [1.82, 2.24) is 0 Å². The number of carbonyl (C=O) groups is 1. The SMILES string of the molecule is O=C(Nc1ccc2ccccc2c1)Nc1c(Cl)cc(Cl)c2ccc(O)cc12. The van der Waals surface area contributed by atoms with Crippen LogP contribution in [-0.4, -0.2) is 11.1 Å². The Balaban J connectivity index is 1.65. The predicted molar refractivity (Wildman–Crippen MR) is 112 cm³/mol. The van der Waals surface area contributed by atoms with E-state index in [1.54, 1.807) is 12.1 Å². The number of hydrogen-bond donors (Lipinski definition) is 3. The number of halogens is 2. The fourth-order valence-electron chi connectivity index (χ4n) is 3.01. The van der Waals surface area contributed by atoms with Crippen molar-refractivity contribution in [1.29, 1.82) is 0 Å². The van der Waals surface area contributed by atoms with Crippen molar-refractivity contribution in [2.75, 3.05) is 10.6 Å². The zero-order valence-electron chi connectivity index (χ0n) is 14.0. The summed E-state index contributed by atoms with van der Waals surface area (Å²) in [6, 6.07) is 19.4. The van der Waals surface area contributed by atoms with Crippen LogP contribution in [0, 0.1) is 0 Å². The van der Waals surface area contributed by atoms with Crippen molar-refractivity contribution in [2.24, 2.45) is 0 Å². The molecule has 0 aliphatic rings. The van der Waals surface area contributed by atoms with Crippen LogP contribution in [0.15, 0.2) is 66.7 Å². The lowest BCUT2D eigenvalue weighted by Crippen LogP contribution is -2.19. The van der Waals surface area contributed by atoms with Gasteiger partial charge in [0.1, 0.15) is 5.75 Å². The van der Waals surface area contributed by atoms with Crippen molar-refractivity contribution in [3.8, 4) is 5.75 Å². The molecule has 4 aromatic carbocycles. The van der Waals surface area contributed by atoms with Gasteiger partial charge in [-0.1, -0.05) is 53.5 Å². The first-order valence-corrected chi connectivity index (χ1v) is 8.94. The quantitative estimate of drug-likeness (QED) is 0.355. The molecule has 4 rings (SSSR count). The zero-order chi connectivity index (χ0) is 19.0. The fourth-order valence-corrected chi connectivity index (χ4v) is 3.60. The summed E-state index contributed by atoms with van der Waals surface area (Å²) in [5, 5.41) is 19.4. The molecule has 0 unspecified atom stereocenters. The Kier molecular flexibility index (Phi) is 4.52. The number of rotatable bonds is 2. The van der Waals surface area contributed by atoms with E-state index in [-0.39, 0.29) is 10.8 Å². The van der Waals surface area contributed by atoms with Crippen LogP contribution in [0.3, 0.4) is 0 Å². The molecule has 0 atom stereocenters. The highest BCUT2D eigenvalue weighted by molar-refractivity contribution is 6.41. The first-order valence-electron chi connectivity index (χ1n) is 8.19. The van der Waals surface area contributed by atoms with E-state index in [0.29, 0.717) is 27.2 Å². The summed E-state index contributed by atoms with van der Waals surface area (Å²) < 4.78 is 0. The van der Waals surface area contributed by atoms with Crippen molar-refractivity contribution < 1.29 is 9.90 Å². The number of phenolic OH excluding ortho intramolecular Hbond substituents is 1. The predicted octanol–water partition coefficient (Wildman–Crippen LogP) is 6.65. The van der Waals surface area contributed by atoms with Gasteiger partial charge in [-0.25, -0.2) is 4.79 Å². The maximum Gasteiger partial charge on any atom is 0.323 e. The Labute approximate surface area is 165 Å². The Morgan fingerprint density at radius 2 is 1.56 bits per heavy atom. The smallest absolute Gasteiger partial charge is 0.323 e. The molecule has 3 N–H and O–H groups in total. The topological polar surface area (TPSA) is 61.4 Å². The first kappa shape index (κ1) is 17.5. The number of benzene rings is 4. The molecule has 0 aliphatic carbocycles. The van der Waals surface area contributed by atoms with Gasteiger partial charge in [-0.3, -0.25) is 0 Å². The van der Waals surface area contributed by atoms with E-state index in [1.807, 2.05) is 42.5 Å². The molecular formula is C21H14Cl2N2O2.